The largest absolute Gasteiger partial charge is 0.508 e. The average molecular weight is 517 g/mol. The second-order valence-electron chi connectivity index (χ2n) is 10.2. The number of alkyl halides is 1. The molecule has 37 heavy (non-hydrogen) atoms. The number of nitrogens with zero attached hydrogens (tertiary/aromatic N) is 2. The van der Waals surface area contributed by atoms with Crippen molar-refractivity contribution in [3.05, 3.63) is 82.7 Å². The monoisotopic (exact) mass is 516 g/mol. The van der Waals surface area contributed by atoms with Crippen LogP contribution in [0.15, 0.2) is 59.6 Å². The fraction of sp³-hybridized carbons (Fsp3) is 0.387. The molecule has 1 N–H and O–H groups in total. The van der Waals surface area contributed by atoms with Gasteiger partial charge in [-0.05, 0) is 108 Å². The zero-order valence-electron chi connectivity index (χ0n) is 21.1. The van der Waals surface area contributed by atoms with Gasteiger partial charge < -0.3 is 9.84 Å². The summed E-state index contributed by atoms with van der Waals surface area (Å²) in [5.74, 6) is 2.12. The Hall–Kier alpha value is -2.83. The van der Waals surface area contributed by atoms with Crippen LogP contribution in [-0.4, -0.2) is 53.2 Å². The van der Waals surface area contributed by atoms with E-state index in [-0.39, 0.29) is 12.8 Å². The summed E-state index contributed by atoms with van der Waals surface area (Å²) in [4.78, 5) is 8.23. The van der Waals surface area contributed by atoms with Crippen LogP contribution < -0.4 is 4.74 Å². The Morgan fingerprint density at radius 1 is 1.05 bits per heavy atom. The average Bonchev–Trinajstić information content (AvgIpc) is 3.53. The lowest BCUT2D eigenvalue weighted by Crippen LogP contribution is -2.26. The van der Waals surface area contributed by atoms with E-state index in [9.17, 15) is 9.50 Å². The van der Waals surface area contributed by atoms with Gasteiger partial charge in [-0.3, -0.25) is 14.3 Å². The first-order valence-corrected chi connectivity index (χ1v) is 14.4. The number of halogens is 1. The maximum absolute atomic E-state index is 12.5. The summed E-state index contributed by atoms with van der Waals surface area (Å²) in [6.07, 6.45) is 8.08. The molecule has 1 aliphatic carbocycles. The maximum Gasteiger partial charge on any atom is 0.119 e. The van der Waals surface area contributed by atoms with Gasteiger partial charge in [0, 0.05) is 42.2 Å². The molecule has 0 amide bonds. The number of aromatic hydroxyl groups is 1. The second kappa shape index (κ2) is 10.9. The van der Waals surface area contributed by atoms with Gasteiger partial charge in [-0.1, -0.05) is 12.1 Å². The number of allylic oxidation sites excluding steroid dienone is 1. The molecule has 6 heteroatoms. The van der Waals surface area contributed by atoms with Gasteiger partial charge >= 0.3 is 0 Å². The van der Waals surface area contributed by atoms with E-state index in [4.69, 9.17) is 9.72 Å². The summed E-state index contributed by atoms with van der Waals surface area (Å²) >= 11 is 1.80. The first-order chi connectivity index (χ1) is 18.2. The number of benzene rings is 2. The molecule has 0 unspecified atom stereocenters. The number of rotatable bonds is 7. The zero-order valence-corrected chi connectivity index (χ0v) is 21.9. The Bertz CT molecular complexity index is 1310. The minimum absolute atomic E-state index is 0.149. The summed E-state index contributed by atoms with van der Waals surface area (Å²) in [5.41, 5.74) is 8.66. The summed E-state index contributed by atoms with van der Waals surface area (Å²) in [6.45, 7) is 2.37. The molecular formula is C31H33FN2O2S. The number of thioether (sulfide) groups is 1. The molecule has 3 heterocycles. The molecule has 0 saturated carbocycles. The van der Waals surface area contributed by atoms with Gasteiger partial charge in [0.15, 0.2) is 0 Å². The third kappa shape index (κ3) is 5.27. The predicted molar refractivity (Wildman–Crippen MR) is 148 cm³/mol. The van der Waals surface area contributed by atoms with Gasteiger partial charge in [0.25, 0.3) is 0 Å². The van der Waals surface area contributed by atoms with Crippen molar-refractivity contribution in [3.8, 4) is 11.5 Å². The molecule has 2 aromatic carbocycles. The lowest BCUT2D eigenvalue weighted by atomic mass is 9.88. The van der Waals surface area contributed by atoms with Crippen LogP contribution in [0.3, 0.4) is 0 Å². The number of pyridine rings is 1. The van der Waals surface area contributed by atoms with Gasteiger partial charge in [0.05, 0.1) is 6.67 Å². The Kier molecular flexibility index (Phi) is 7.21. The van der Waals surface area contributed by atoms with Crippen LogP contribution in [0.5, 0.6) is 11.5 Å². The van der Waals surface area contributed by atoms with Crippen molar-refractivity contribution in [1.29, 1.82) is 0 Å². The van der Waals surface area contributed by atoms with Gasteiger partial charge in [-0.15, -0.1) is 11.8 Å². The molecule has 1 saturated heterocycles. The molecule has 2 aliphatic heterocycles. The fourth-order valence-corrected chi connectivity index (χ4v) is 6.93. The van der Waals surface area contributed by atoms with E-state index >= 15 is 0 Å². The van der Waals surface area contributed by atoms with Gasteiger partial charge in [-0.2, -0.15) is 0 Å². The number of likely N-dealkylation sites (tertiary alicyclic amines) is 1. The Morgan fingerprint density at radius 2 is 1.95 bits per heavy atom. The van der Waals surface area contributed by atoms with E-state index < -0.39 is 0 Å². The number of aromatic nitrogens is 1. The first kappa shape index (κ1) is 24.5. The molecule has 1 fully saturated rings. The van der Waals surface area contributed by atoms with E-state index in [1.54, 1.807) is 17.8 Å². The minimum atomic E-state index is -0.260. The van der Waals surface area contributed by atoms with Gasteiger partial charge in [0.1, 0.15) is 17.6 Å². The fourth-order valence-electron chi connectivity index (χ4n) is 5.87. The van der Waals surface area contributed by atoms with Crippen LogP contribution >= 0.6 is 11.8 Å². The molecular weight excluding hydrogens is 483 g/mol. The van der Waals surface area contributed by atoms with Crippen LogP contribution in [-0.2, 0) is 12.8 Å². The molecule has 1 aromatic heterocycles. The predicted octanol–water partition coefficient (Wildman–Crippen LogP) is 6.54. The van der Waals surface area contributed by atoms with E-state index in [0.717, 1.165) is 72.8 Å². The van der Waals surface area contributed by atoms with Crippen molar-refractivity contribution < 1.29 is 14.2 Å². The smallest absolute Gasteiger partial charge is 0.119 e. The highest BCUT2D eigenvalue weighted by Crippen LogP contribution is 2.44. The maximum atomic E-state index is 12.5. The molecule has 0 spiro atoms. The Balaban J connectivity index is 1.33. The van der Waals surface area contributed by atoms with Crippen molar-refractivity contribution >= 4 is 22.9 Å². The van der Waals surface area contributed by atoms with Crippen LogP contribution in [0.2, 0.25) is 0 Å². The molecule has 0 radical (unpaired) electrons. The molecule has 0 bridgehead atoms. The number of phenols is 1. The number of hydrogen-bond donors (Lipinski definition) is 1. The second-order valence-corrected chi connectivity index (χ2v) is 11.3. The van der Waals surface area contributed by atoms with Crippen LogP contribution in [0.1, 0.15) is 53.6 Å². The zero-order chi connectivity index (χ0) is 25.2. The van der Waals surface area contributed by atoms with E-state index in [1.165, 1.54) is 34.4 Å². The highest BCUT2D eigenvalue weighted by atomic mass is 32.2. The highest BCUT2D eigenvalue weighted by Gasteiger charge is 2.25. The third-order valence-electron chi connectivity index (χ3n) is 7.70. The van der Waals surface area contributed by atoms with Crippen LogP contribution in [0, 0.1) is 0 Å². The quantitative estimate of drug-likeness (QED) is 0.386. The van der Waals surface area contributed by atoms with E-state index in [1.807, 2.05) is 12.1 Å². The van der Waals surface area contributed by atoms with E-state index in [2.05, 4.69) is 41.4 Å². The molecule has 6 rings (SSSR count). The van der Waals surface area contributed by atoms with Crippen molar-refractivity contribution in [3.63, 3.8) is 0 Å². The summed E-state index contributed by atoms with van der Waals surface area (Å²) in [5, 5.41) is 10.2. The van der Waals surface area contributed by atoms with Crippen molar-refractivity contribution in [2.24, 2.45) is 0 Å². The number of hydrogen-bond acceptors (Lipinski definition) is 5. The number of fused-ring (bicyclic) bond motifs is 2. The molecule has 3 aliphatic rings. The number of ether oxygens (including phenoxy) is 1. The number of aryl methyl sites for hydroxylation is 2. The standard InChI is InChI=1S/C31H33FN2O2S/c32-13-2-14-34-15-11-26(20-34)36-25-8-5-21(6-9-25)31-27(23-17-22-3-1-4-29(22)33-19-23)12-16-37-30-18-24(35)7-10-28(30)31/h5-10,17-19,26,35H,1-4,11-16,20H2/t26-/m0/s1. The van der Waals surface area contributed by atoms with E-state index in [0.29, 0.717) is 12.2 Å². The summed E-state index contributed by atoms with van der Waals surface area (Å²) in [6, 6.07) is 16.5. The highest BCUT2D eigenvalue weighted by molar-refractivity contribution is 7.99. The minimum Gasteiger partial charge on any atom is -0.508 e. The Morgan fingerprint density at radius 3 is 2.81 bits per heavy atom. The topological polar surface area (TPSA) is 45.6 Å². The summed E-state index contributed by atoms with van der Waals surface area (Å²) in [7, 11) is 0. The summed E-state index contributed by atoms with van der Waals surface area (Å²) < 4.78 is 18.8. The Labute approximate surface area is 222 Å². The molecule has 3 aromatic rings. The lowest BCUT2D eigenvalue weighted by Gasteiger charge is -2.18. The lowest BCUT2D eigenvalue weighted by molar-refractivity contribution is 0.198. The normalized spacial score (nSPS) is 19.5. The number of phenolic OH excluding ortho intramolecular Hbond substituents is 1. The van der Waals surface area contributed by atoms with Crippen molar-refractivity contribution in [2.45, 2.75) is 49.5 Å². The van der Waals surface area contributed by atoms with Crippen molar-refractivity contribution in [2.75, 3.05) is 32.1 Å². The molecule has 4 nitrogen and oxygen atoms in total. The van der Waals surface area contributed by atoms with Gasteiger partial charge in [-0.25, -0.2) is 0 Å². The SMILES string of the molecule is Oc1ccc2c(c1)SCCC(c1cnc3c(c1)CCC3)=C2c1ccc(O[C@H]2CCN(CCCF)C2)cc1. The third-order valence-corrected chi connectivity index (χ3v) is 8.75. The van der Waals surface area contributed by atoms with Crippen LogP contribution in [0.4, 0.5) is 4.39 Å². The van der Waals surface area contributed by atoms with Crippen molar-refractivity contribution in [1.82, 2.24) is 9.88 Å². The van der Waals surface area contributed by atoms with Crippen LogP contribution in [0.25, 0.3) is 11.1 Å². The molecule has 1 atom stereocenters. The van der Waals surface area contributed by atoms with Gasteiger partial charge in [0.2, 0.25) is 0 Å². The first-order valence-electron chi connectivity index (χ1n) is 13.4. The molecule has 192 valence electrons.